The van der Waals surface area contributed by atoms with E-state index in [1.54, 1.807) is 13.0 Å². The van der Waals surface area contributed by atoms with Gasteiger partial charge in [-0.15, -0.1) is 0 Å². The summed E-state index contributed by atoms with van der Waals surface area (Å²) in [5, 5.41) is 11.3. The Bertz CT molecular complexity index is 1400. The quantitative estimate of drug-likeness (QED) is 0.446. The molecule has 0 aromatic heterocycles. The van der Waals surface area contributed by atoms with Gasteiger partial charge in [0, 0.05) is 35.7 Å². The third kappa shape index (κ3) is 5.24. The van der Waals surface area contributed by atoms with E-state index >= 15 is 0 Å². The van der Waals surface area contributed by atoms with Crippen LogP contribution in [-0.4, -0.2) is 65.4 Å². The molecule has 2 aliphatic heterocycles. The average molecular weight is 587 g/mol. The molecule has 2 aromatic carbocycles. The number of nitrogens with zero attached hydrogens (tertiary/aromatic N) is 1. The molecule has 7 nitrogen and oxygen atoms in total. The van der Waals surface area contributed by atoms with E-state index in [1.807, 2.05) is 18.2 Å². The predicted molar refractivity (Wildman–Crippen MR) is 160 cm³/mol. The molecule has 40 heavy (non-hydrogen) atoms. The third-order valence-corrected chi connectivity index (χ3v) is 11.8. The van der Waals surface area contributed by atoms with Crippen LogP contribution in [0, 0.1) is 11.8 Å². The second kappa shape index (κ2) is 10.9. The molecule has 4 aliphatic rings. The van der Waals surface area contributed by atoms with Crippen LogP contribution in [-0.2, 0) is 26.3 Å². The number of amides is 1. The minimum atomic E-state index is -2.95. The molecule has 216 valence electrons. The molecule has 1 saturated carbocycles. The summed E-state index contributed by atoms with van der Waals surface area (Å²) in [4.78, 5) is 15.7. The molecule has 1 amide bonds. The summed E-state index contributed by atoms with van der Waals surface area (Å²) in [6.07, 6.45) is 5.16. The minimum Gasteiger partial charge on any atom is -0.490 e. The van der Waals surface area contributed by atoms with Gasteiger partial charge in [0.2, 0.25) is 0 Å². The van der Waals surface area contributed by atoms with Crippen molar-refractivity contribution >= 4 is 38.8 Å². The Hall–Kier alpha value is -2.26. The fourth-order valence-electron chi connectivity index (χ4n) is 6.96. The van der Waals surface area contributed by atoms with Crippen molar-refractivity contribution in [2.75, 3.05) is 37.8 Å². The van der Waals surface area contributed by atoms with Crippen LogP contribution >= 0.6 is 11.6 Å². The molecule has 2 N–H and O–H groups in total. The number of aliphatic hydroxyl groups excluding tert-OH is 1. The lowest BCUT2D eigenvalue weighted by molar-refractivity contribution is -0.00807. The molecule has 0 radical (unpaired) electrons. The number of hydrogen-bond donors (Lipinski definition) is 2. The number of benzene rings is 2. The monoisotopic (exact) mass is 586 g/mol. The molecular formula is C31H39ClN2O5S. The highest BCUT2D eigenvalue weighted by molar-refractivity contribution is 7.99. The maximum atomic E-state index is 13.3. The van der Waals surface area contributed by atoms with Crippen molar-refractivity contribution in [1.29, 1.82) is 0 Å². The molecule has 2 aliphatic carbocycles. The van der Waals surface area contributed by atoms with Crippen LogP contribution in [0.2, 0.25) is 5.02 Å². The molecule has 1 fully saturated rings. The van der Waals surface area contributed by atoms with Gasteiger partial charge in [0.1, 0.15) is 5.75 Å². The van der Waals surface area contributed by atoms with Crippen molar-refractivity contribution in [3.05, 3.63) is 58.1 Å². The second-order valence-corrected chi connectivity index (χ2v) is 15.1. The number of aliphatic hydroxyl groups is 1. The third-order valence-electron chi connectivity index (χ3n) is 9.55. The molecule has 2 aromatic rings. The van der Waals surface area contributed by atoms with E-state index in [1.165, 1.54) is 11.1 Å². The second-order valence-electron chi connectivity index (χ2n) is 12.2. The zero-order valence-electron chi connectivity index (χ0n) is 23.1. The molecule has 0 saturated heterocycles. The SMILES string of the molecule is C=S1(=O)NC(=O)c2ccc3c(c2)N(C[C@@H]2CC[C@H]2[C@@H](O)CCOC[C@@H]1C)C[C@@]1(CCCc2cc(Cl)ccc21)CO3. The first-order valence-electron chi connectivity index (χ1n) is 14.4. The van der Waals surface area contributed by atoms with Gasteiger partial charge in [-0.3, -0.25) is 9.52 Å². The lowest BCUT2D eigenvalue weighted by Crippen LogP contribution is -2.49. The van der Waals surface area contributed by atoms with Crippen LogP contribution in [0.3, 0.4) is 0 Å². The van der Waals surface area contributed by atoms with Crippen molar-refractivity contribution in [2.24, 2.45) is 11.8 Å². The van der Waals surface area contributed by atoms with Crippen LogP contribution in [0.5, 0.6) is 5.75 Å². The lowest BCUT2D eigenvalue weighted by Gasteiger charge is -2.45. The number of fused-ring (bicyclic) bond motifs is 4. The van der Waals surface area contributed by atoms with Crippen LogP contribution in [0.1, 0.15) is 60.5 Å². The number of carbonyl (C=O) groups excluding carboxylic acids is 1. The Morgan fingerprint density at radius 3 is 2.85 bits per heavy atom. The van der Waals surface area contributed by atoms with Gasteiger partial charge >= 0.3 is 0 Å². The van der Waals surface area contributed by atoms with E-state index in [-0.39, 0.29) is 17.9 Å². The van der Waals surface area contributed by atoms with E-state index in [0.717, 1.165) is 61.7 Å². The fourth-order valence-corrected chi connectivity index (χ4v) is 8.10. The zero-order chi connectivity index (χ0) is 28.1. The van der Waals surface area contributed by atoms with Crippen molar-refractivity contribution in [2.45, 2.75) is 62.2 Å². The fraction of sp³-hybridized carbons (Fsp3) is 0.548. The molecule has 1 unspecified atom stereocenters. The maximum absolute atomic E-state index is 13.3. The number of anilines is 1. The van der Waals surface area contributed by atoms with Gasteiger partial charge < -0.3 is 19.5 Å². The van der Waals surface area contributed by atoms with Crippen molar-refractivity contribution in [3.63, 3.8) is 0 Å². The highest BCUT2D eigenvalue weighted by atomic mass is 35.5. The summed E-state index contributed by atoms with van der Waals surface area (Å²) >= 11 is 6.38. The first kappa shape index (κ1) is 27.9. The number of carbonyl (C=O) groups is 1. The Morgan fingerprint density at radius 1 is 1.20 bits per heavy atom. The van der Waals surface area contributed by atoms with Crippen molar-refractivity contribution in [3.8, 4) is 5.75 Å². The summed E-state index contributed by atoms with van der Waals surface area (Å²) in [7, 11) is -2.95. The van der Waals surface area contributed by atoms with Gasteiger partial charge in [0.05, 0.1) is 40.0 Å². The number of ether oxygens (including phenoxy) is 2. The van der Waals surface area contributed by atoms with Crippen LogP contribution in [0.25, 0.3) is 0 Å². The predicted octanol–water partition coefficient (Wildman–Crippen LogP) is 4.37. The number of halogens is 1. The van der Waals surface area contributed by atoms with Crippen LogP contribution < -0.4 is 14.4 Å². The molecule has 6 rings (SSSR count). The highest BCUT2D eigenvalue weighted by Gasteiger charge is 2.44. The summed E-state index contributed by atoms with van der Waals surface area (Å²) in [6.45, 7) is 4.38. The normalized spacial score (nSPS) is 34.5. The summed E-state index contributed by atoms with van der Waals surface area (Å²) in [5.41, 5.74) is 3.63. The standard InChI is InChI=1S/C31H39ClN2O5S/c1-20-17-38-13-11-28(35)25-8-5-23(25)16-34-18-31(12-3-4-21-14-24(32)7-9-26(21)31)19-39-29-10-6-22(15-27(29)34)30(36)33-40(20,2)37/h6-7,9-10,14-15,20,23,25,28,35H,2-5,8,11-13,16-19H2,1H3,(H,33,36,37)/t20-,23-,25+,28-,31-,40?/m0/s1. The average Bonchev–Trinajstić information content (AvgIpc) is 3.05. The van der Waals surface area contributed by atoms with E-state index in [4.69, 9.17) is 21.1 Å². The molecule has 2 bridgehead atoms. The Balaban J connectivity index is 1.41. The van der Waals surface area contributed by atoms with E-state index in [2.05, 4.69) is 27.6 Å². The van der Waals surface area contributed by atoms with Gasteiger partial charge in [-0.1, -0.05) is 17.7 Å². The van der Waals surface area contributed by atoms with Gasteiger partial charge in [-0.25, -0.2) is 4.21 Å². The molecule has 6 atom stereocenters. The highest BCUT2D eigenvalue weighted by Crippen LogP contribution is 2.46. The Labute approximate surface area is 242 Å². The van der Waals surface area contributed by atoms with Gasteiger partial charge in [0.15, 0.2) is 0 Å². The smallest absolute Gasteiger partial charge is 0.262 e. The number of aryl methyl sites for hydroxylation is 1. The van der Waals surface area contributed by atoms with Crippen LogP contribution in [0.4, 0.5) is 5.69 Å². The Kier molecular flexibility index (Phi) is 7.57. The summed E-state index contributed by atoms with van der Waals surface area (Å²) in [6, 6.07) is 11.7. The number of hydrogen-bond acceptors (Lipinski definition) is 6. The minimum absolute atomic E-state index is 0.193. The van der Waals surface area contributed by atoms with Crippen LogP contribution in [0.15, 0.2) is 36.4 Å². The topological polar surface area (TPSA) is 88.1 Å². The van der Waals surface area contributed by atoms with Gasteiger partial charge in [-0.2, -0.15) is 0 Å². The van der Waals surface area contributed by atoms with Crippen molar-refractivity contribution in [1.82, 2.24) is 4.72 Å². The first-order valence-corrected chi connectivity index (χ1v) is 16.6. The summed E-state index contributed by atoms with van der Waals surface area (Å²) < 4.78 is 28.3. The molecular weight excluding hydrogens is 548 g/mol. The molecule has 9 heteroatoms. The lowest BCUT2D eigenvalue weighted by atomic mass is 9.68. The zero-order valence-corrected chi connectivity index (χ0v) is 24.6. The van der Waals surface area contributed by atoms with E-state index < -0.39 is 27.0 Å². The molecule has 1 spiro atoms. The van der Waals surface area contributed by atoms with E-state index in [0.29, 0.717) is 31.1 Å². The number of rotatable bonds is 0. The Morgan fingerprint density at radius 2 is 2.05 bits per heavy atom. The largest absolute Gasteiger partial charge is 0.490 e. The molecule has 2 heterocycles. The maximum Gasteiger partial charge on any atom is 0.262 e. The number of nitrogens with one attached hydrogen (secondary N) is 1. The van der Waals surface area contributed by atoms with Gasteiger partial charge in [0.25, 0.3) is 5.91 Å². The van der Waals surface area contributed by atoms with Gasteiger partial charge in [-0.05, 0) is 105 Å². The first-order chi connectivity index (χ1) is 19.1. The summed E-state index contributed by atoms with van der Waals surface area (Å²) in [5.74, 6) is 4.67. The van der Waals surface area contributed by atoms with E-state index in [9.17, 15) is 14.1 Å². The van der Waals surface area contributed by atoms with Crippen molar-refractivity contribution < 1.29 is 23.6 Å².